The number of ether oxygens (including phenoxy) is 1. The van der Waals surface area contributed by atoms with Crippen molar-refractivity contribution in [3.8, 4) is 5.75 Å². The first-order valence-corrected chi connectivity index (χ1v) is 6.10. The molecule has 118 valence electrons. The molecule has 0 aliphatic heterocycles. The average Bonchev–Trinajstić information content (AvgIpc) is 2.83. The van der Waals surface area contributed by atoms with E-state index < -0.39 is 12.1 Å². The van der Waals surface area contributed by atoms with Crippen LogP contribution in [0.4, 0.5) is 18.9 Å². The highest BCUT2D eigenvalue weighted by Crippen LogP contribution is 2.29. The van der Waals surface area contributed by atoms with Gasteiger partial charge in [-0.15, -0.1) is 13.2 Å². The lowest BCUT2D eigenvalue weighted by atomic mass is 10.3. The topological polar surface area (TPSA) is 90.4 Å². The van der Waals surface area contributed by atoms with Gasteiger partial charge in [-0.2, -0.15) is 15.0 Å². The van der Waals surface area contributed by atoms with Gasteiger partial charge in [-0.05, 0) is 12.1 Å². The van der Waals surface area contributed by atoms with E-state index in [-0.39, 0.29) is 18.2 Å². The Labute approximate surface area is 123 Å². The molecule has 10 heteroatoms. The molecular weight excluding hydrogens is 301 g/mol. The fourth-order valence-electron chi connectivity index (χ4n) is 1.59. The van der Waals surface area contributed by atoms with Gasteiger partial charge >= 0.3 is 6.36 Å². The lowest BCUT2D eigenvalue weighted by molar-refractivity contribution is -0.274. The van der Waals surface area contributed by atoms with E-state index in [2.05, 4.69) is 25.2 Å². The van der Waals surface area contributed by atoms with Gasteiger partial charge in [0.2, 0.25) is 0 Å². The fourth-order valence-corrected chi connectivity index (χ4v) is 1.59. The summed E-state index contributed by atoms with van der Waals surface area (Å²) in [6.07, 6.45) is -3.28. The number of halogens is 3. The van der Waals surface area contributed by atoms with E-state index in [1.165, 1.54) is 29.2 Å². The largest absolute Gasteiger partial charge is 0.573 e. The molecule has 0 unspecified atom stereocenters. The summed E-state index contributed by atoms with van der Waals surface area (Å²) in [6.45, 7) is 0.148. The number of aryl methyl sites for hydroxylation is 1. The number of anilines is 1. The van der Waals surface area contributed by atoms with E-state index in [0.29, 0.717) is 5.69 Å². The van der Waals surface area contributed by atoms with E-state index in [0.717, 1.165) is 0 Å². The van der Waals surface area contributed by atoms with Crippen molar-refractivity contribution in [3.05, 3.63) is 36.2 Å². The maximum Gasteiger partial charge on any atom is 0.573 e. The van der Waals surface area contributed by atoms with Gasteiger partial charge in [0, 0.05) is 7.05 Å². The number of guanidine groups is 1. The van der Waals surface area contributed by atoms with Gasteiger partial charge < -0.3 is 15.8 Å². The fraction of sp³-hybridized carbons (Fsp3) is 0.250. The average molecular weight is 314 g/mol. The van der Waals surface area contributed by atoms with Gasteiger partial charge in [0.25, 0.3) is 0 Å². The third-order valence-electron chi connectivity index (χ3n) is 2.43. The third-order valence-corrected chi connectivity index (χ3v) is 2.43. The molecule has 2 rings (SSSR count). The van der Waals surface area contributed by atoms with Crippen molar-refractivity contribution in [2.24, 2.45) is 17.8 Å². The van der Waals surface area contributed by atoms with E-state index in [4.69, 9.17) is 5.73 Å². The summed E-state index contributed by atoms with van der Waals surface area (Å²) in [5.41, 5.74) is 6.27. The minimum Gasteiger partial charge on any atom is -0.404 e. The predicted octanol–water partition coefficient (Wildman–Crippen LogP) is 1.64. The van der Waals surface area contributed by atoms with Crippen molar-refractivity contribution in [1.82, 2.24) is 15.0 Å². The number of nitrogens with two attached hydrogens (primary N) is 1. The highest BCUT2D eigenvalue weighted by molar-refractivity contribution is 5.93. The molecule has 0 bridgehead atoms. The highest BCUT2D eigenvalue weighted by atomic mass is 19.4. The number of nitrogens with zero attached hydrogens (tertiary/aromatic N) is 4. The van der Waals surface area contributed by atoms with Crippen molar-refractivity contribution in [2.45, 2.75) is 12.9 Å². The Kier molecular flexibility index (Phi) is 4.49. The van der Waals surface area contributed by atoms with Crippen LogP contribution in [0.5, 0.6) is 5.75 Å². The molecule has 0 radical (unpaired) electrons. The molecule has 1 aromatic carbocycles. The van der Waals surface area contributed by atoms with Crippen LogP contribution < -0.4 is 15.8 Å². The number of aromatic nitrogens is 3. The summed E-state index contributed by atoms with van der Waals surface area (Å²) < 4.78 is 40.8. The van der Waals surface area contributed by atoms with Crippen molar-refractivity contribution in [2.75, 3.05) is 5.32 Å². The van der Waals surface area contributed by atoms with Crippen LogP contribution in [0.3, 0.4) is 0 Å². The molecule has 0 amide bonds. The summed E-state index contributed by atoms with van der Waals surface area (Å²) in [6, 6.07) is 5.53. The zero-order valence-electron chi connectivity index (χ0n) is 11.5. The van der Waals surface area contributed by atoms with E-state index in [9.17, 15) is 13.2 Å². The van der Waals surface area contributed by atoms with Crippen LogP contribution in [0.15, 0.2) is 35.5 Å². The number of rotatable bonds is 4. The molecule has 1 heterocycles. The highest BCUT2D eigenvalue weighted by Gasteiger charge is 2.32. The summed E-state index contributed by atoms with van der Waals surface area (Å²) >= 11 is 0. The van der Waals surface area contributed by atoms with Crippen LogP contribution in [0.2, 0.25) is 0 Å². The molecule has 0 aliphatic carbocycles. The summed E-state index contributed by atoms with van der Waals surface area (Å²) in [4.78, 5) is 5.33. The van der Waals surface area contributed by atoms with Gasteiger partial charge in [-0.25, -0.2) is 4.99 Å². The van der Waals surface area contributed by atoms with E-state index >= 15 is 0 Å². The molecular formula is C12H13F3N6O. The van der Waals surface area contributed by atoms with Crippen LogP contribution >= 0.6 is 0 Å². The molecule has 2 aromatic rings. The predicted molar refractivity (Wildman–Crippen MR) is 73.1 cm³/mol. The third kappa shape index (κ3) is 4.65. The number of para-hydroxylation sites is 2. The van der Waals surface area contributed by atoms with Crippen molar-refractivity contribution in [3.63, 3.8) is 0 Å². The molecule has 0 saturated heterocycles. The molecule has 22 heavy (non-hydrogen) atoms. The first kappa shape index (κ1) is 15.6. The maximum atomic E-state index is 12.3. The van der Waals surface area contributed by atoms with Crippen molar-refractivity contribution in [1.29, 1.82) is 0 Å². The number of hydrogen-bond donors (Lipinski definition) is 2. The van der Waals surface area contributed by atoms with Crippen LogP contribution in [0.1, 0.15) is 5.69 Å². The molecule has 0 saturated carbocycles. The molecule has 0 atom stereocenters. The molecule has 0 aliphatic rings. The zero-order chi connectivity index (χ0) is 16.2. The monoisotopic (exact) mass is 314 g/mol. The molecule has 0 fully saturated rings. The lowest BCUT2D eigenvalue weighted by Crippen LogP contribution is -2.24. The van der Waals surface area contributed by atoms with Crippen molar-refractivity contribution < 1.29 is 17.9 Å². The van der Waals surface area contributed by atoms with Gasteiger partial charge in [0.1, 0.15) is 5.69 Å². The quantitative estimate of drug-likeness (QED) is 0.661. The minimum absolute atomic E-state index is 0.0558. The van der Waals surface area contributed by atoms with Gasteiger partial charge in [-0.3, -0.25) is 0 Å². The summed E-state index contributed by atoms with van der Waals surface area (Å²) in [7, 11) is 1.65. The SMILES string of the molecule is Cn1ncc(CN=C(N)Nc2ccccc2OC(F)(F)F)n1. The second kappa shape index (κ2) is 6.33. The Morgan fingerprint density at radius 3 is 2.77 bits per heavy atom. The Bertz CT molecular complexity index is 667. The summed E-state index contributed by atoms with van der Waals surface area (Å²) in [5.74, 6) is -0.462. The first-order chi connectivity index (χ1) is 10.3. The minimum atomic E-state index is -4.79. The van der Waals surface area contributed by atoms with Crippen LogP contribution in [-0.4, -0.2) is 27.3 Å². The molecule has 7 nitrogen and oxygen atoms in total. The number of hydrogen-bond acceptors (Lipinski definition) is 4. The molecule has 1 aromatic heterocycles. The Hall–Kier alpha value is -2.78. The number of benzene rings is 1. The standard InChI is InChI=1S/C12H13F3N6O/c1-21-18-7-8(20-21)6-17-11(16)19-9-4-2-3-5-10(9)22-12(13,14)15/h2-5,7H,6H2,1H3,(H3,16,17,19). The maximum absolute atomic E-state index is 12.3. The van der Waals surface area contributed by atoms with Gasteiger partial charge in [0.05, 0.1) is 18.4 Å². The lowest BCUT2D eigenvalue weighted by Gasteiger charge is -2.13. The molecule has 0 spiro atoms. The van der Waals surface area contributed by atoms with Gasteiger partial charge in [-0.1, -0.05) is 12.1 Å². The number of alkyl halides is 3. The zero-order valence-corrected chi connectivity index (χ0v) is 11.5. The number of aliphatic imine (C=N–C) groups is 1. The van der Waals surface area contributed by atoms with Gasteiger partial charge in [0.15, 0.2) is 11.7 Å². The Morgan fingerprint density at radius 2 is 2.14 bits per heavy atom. The van der Waals surface area contributed by atoms with Crippen LogP contribution in [0, 0.1) is 0 Å². The second-order valence-electron chi connectivity index (χ2n) is 4.20. The normalized spacial score (nSPS) is 12.3. The van der Waals surface area contributed by atoms with E-state index in [1.807, 2.05) is 0 Å². The van der Waals surface area contributed by atoms with Crippen molar-refractivity contribution >= 4 is 11.6 Å². The second-order valence-corrected chi connectivity index (χ2v) is 4.20. The first-order valence-electron chi connectivity index (χ1n) is 6.10. The Balaban J connectivity index is 2.06. The smallest absolute Gasteiger partial charge is 0.404 e. The Morgan fingerprint density at radius 1 is 1.41 bits per heavy atom. The number of nitrogens with one attached hydrogen (secondary N) is 1. The van der Waals surface area contributed by atoms with E-state index in [1.54, 1.807) is 13.1 Å². The summed E-state index contributed by atoms with van der Waals surface area (Å²) in [5, 5.41) is 10.4. The van der Waals surface area contributed by atoms with Crippen LogP contribution in [-0.2, 0) is 13.6 Å². The van der Waals surface area contributed by atoms with Crippen LogP contribution in [0.25, 0.3) is 0 Å². The molecule has 3 N–H and O–H groups in total.